The van der Waals surface area contributed by atoms with Crippen molar-refractivity contribution in [1.82, 2.24) is 0 Å². The van der Waals surface area contributed by atoms with Crippen molar-refractivity contribution in [1.29, 1.82) is 0 Å². The van der Waals surface area contributed by atoms with Crippen LogP contribution in [-0.4, -0.2) is 12.6 Å². The Kier molecular flexibility index (Phi) is 2.65. The molecule has 1 aliphatic carbocycles. The number of nitrogens with two attached hydrogens (primary N) is 1. The molecule has 1 aliphatic rings. The van der Waals surface area contributed by atoms with Crippen molar-refractivity contribution in [3.63, 3.8) is 0 Å². The van der Waals surface area contributed by atoms with E-state index < -0.39 is 11.7 Å². The summed E-state index contributed by atoms with van der Waals surface area (Å²) in [6.45, 7) is 0. The maximum Gasteiger partial charge on any atom is 0.147 e. The van der Waals surface area contributed by atoms with Crippen LogP contribution in [0.5, 0.6) is 5.75 Å². The van der Waals surface area contributed by atoms with Gasteiger partial charge in [-0.3, -0.25) is 0 Å². The number of hydrogen-bond acceptors (Lipinski definition) is 2. The number of hydrogen-bond donors (Lipinski definition) is 1. The fourth-order valence-corrected chi connectivity index (χ4v) is 2.02. The van der Waals surface area contributed by atoms with E-state index in [1.54, 1.807) is 19.2 Å². The molecule has 15 heavy (non-hydrogen) atoms. The Morgan fingerprint density at radius 1 is 1.40 bits per heavy atom. The van der Waals surface area contributed by atoms with Crippen LogP contribution >= 0.6 is 0 Å². The van der Waals surface area contributed by atoms with Crippen molar-refractivity contribution in [2.45, 2.75) is 31.0 Å². The van der Waals surface area contributed by atoms with E-state index in [2.05, 4.69) is 0 Å². The summed E-state index contributed by atoms with van der Waals surface area (Å²) in [7, 11) is 1.55. The summed E-state index contributed by atoms with van der Waals surface area (Å²) in [6, 6.07) is 7.16. The minimum Gasteiger partial charge on any atom is -0.496 e. The van der Waals surface area contributed by atoms with Gasteiger partial charge in [0.1, 0.15) is 11.9 Å². The molecule has 1 fully saturated rings. The van der Waals surface area contributed by atoms with Crippen LogP contribution in [0.1, 0.15) is 31.0 Å². The van der Waals surface area contributed by atoms with Crippen LogP contribution in [0.15, 0.2) is 24.3 Å². The second-order valence-electron chi connectivity index (χ2n) is 4.19. The van der Waals surface area contributed by atoms with E-state index >= 15 is 0 Å². The molecule has 82 valence electrons. The first-order valence-corrected chi connectivity index (χ1v) is 5.23. The van der Waals surface area contributed by atoms with Gasteiger partial charge in [0.25, 0.3) is 0 Å². The molecule has 1 aromatic rings. The molecule has 1 unspecified atom stereocenters. The highest BCUT2D eigenvalue weighted by molar-refractivity contribution is 5.37. The molecule has 2 nitrogen and oxygen atoms in total. The standard InChI is InChI=1S/C12H16FNO/c1-15-10-6-3-2-5-9(10)11(13)12(14)7-4-8-12/h2-3,5-6,11H,4,7-8,14H2,1H3. The number of alkyl halides is 1. The summed E-state index contributed by atoms with van der Waals surface area (Å²) >= 11 is 0. The molecule has 1 aromatic carbocycles. The van der Waals surface area contributed by atoms with Crippen LogP contribution in [0.4, 0.5) is 4.39 Å². The van der Waals surface area contributed by atoms with E-state index in [0.29, 0.717) is 11.3 Å². The zero-order chi connectivity index (χ0) is 10.9. The zero-order valence-electron chi connectivity index (χ0n) is 8.87. The van der Waals surface area contributed by atoms with Crippen molar-refractivity contribution >= 4 is 0 Å². The van der Waals surface area contributed by atoms with E-state index in [1.807, 2.05) is 12.1 Å². The van der Waals surface area contributed by atoms with Gasteiger partial charge >= 0.3 is 0 Å². The average Bonchev–Trinajstić information content (AvgIpc) is 2.25. The summed E-state index contributed by atoms with van der Waals surface area (Å²) < 4.78 is 19.3. The van der Waals surface area contributed by atoms with Gasteiger partial charge in [0, 0.05) is 5.56 Å². The maximum atomic E-state index is 14.2. The molecule has 1 saturated carbocycles. The predicted octanol–water partition coefficient (Wildman–Crippen LogP) is 2.59. The van der Waals surface area contributed by atoms with Gasteiger partial charge in [-0.2, -0.15) is 0 Å². The lowest BCUT2D eigenvalue weighted by Crippen LogP contribution is -2.50. The molecule has 0 saturated heterocycles. The normalized spacial score (nSPS) is 20.5. The van der Waals surface area contributed by atoms with Crippen LogP contribution in [-0.2, 0) is 0 Å². The molecule has 2 rings (SSSR count). The molecule has 0 bridgehead atoms. The molecule has 0 amide bonds. The molecule has 0 aliphatic heterocycles. The minimum absolute atomic E-state index is 0.571. The molecule has 0 spiro atoms. The quantitative estimate of drug-likeness (QED) is 0.830. The van der Waals surface area contributed by atoms with Gasteiger partial charge in [-0.05, 0) is 25.3 Å². The highest BCUT2D eigenvalue weighted by Crippen LogP contribution is 2.44. The highest BCUT2D eigenvalue weighted by atomic mass is 19.1. The second kappa shape index (κ2) is 3.81. The van der Waals surface area contributed by atoms with Crippen molar-refractivity contribution in [3.05, 3.63) is 29.8 Å². The molecule has 0 radical (unpaired) electrons. The summed E-state index contributed by atoms with van der Waals surface area (Å²) in [5, 5.41) is 0. The number of benzene rings is 1. The van der Waals surface area contributed by atoms with E-state index in [0.717, 1.165) is 19.3 Å². The number of para-hydroxylation sites is 1. The van der Waals surface area contributed by atoms with Gasteiger partial charge in [-0.25, -0.2) is 4.39 Å². The summed E-state index contributed by atoms with van der Waals surface area (Å²) in [5.74, 6) is 0.585. The molecule has 1 atom stereocenters. The van der Waals surface area contributed by atoms with Crippen LogP contribution in [0.2, 0.25) is 0 Å². The molecule has 2 N–H and O–H groups in total. The van der Waals surface area contributed by atoms with Gasteiger partial charge in [0.05, 0.1) is 12.6 Å². The topological polar surface area (TPSA) is 35.2 Å². The van der Waals surface area contributed by atoms with Crippen molar-refractivity contribution in [3.8, 4) is 5.75 Å². The third-order valence-electron chi connectivity index (χ3n) is 3.20. The number of ether oxygens (including phenoxy) is 1. The third-order valence-corrected chi connectivity index (χ3v) is 3.20. The molecule has 0 heterocycles. The Balaban J connectivity index is 2.28. The Bertz CT molecular complexity index is 349. The Morgan fingerprint density at radius 2 is 2.07 bits per heavy atom. The van der Waals surface area contributed by atoms with Crippen molar-refractivity contribution in [2.75, 3.05) is 7.11 Å². The van der Waals surface area contributed by atoms with Crippen LogP contribution in [0, 0.1) is 0 Å². The number of halogens is 1. The first-order chi connectivity index (χ1) is 7.17. The lowest BCUT2D eigenvalue weighted by molar-refractivity contribution is 0.106. The Morgan fingerprint density at radius 3 is 2.60 bits per heavy atom. The maximum absolute atomic E-state index is 14.2. The summed E-state index contributed by atoms with van der Waals surface area (Å²) in [5.41, 5.74) is 5.87. The SMILES string of the molecule is COc1ccccc1C(F)C1(N)CCC1. The van der Waals surface area contributed by atoms with Gasteiger partial charge in [-0.15, -0.1) is 0 Å². The largest absolute Gasteiger partial charge is 0.496 e. The summed E-state index contributed by atoms with van der Waals surface area (Å²) in [6.07, 6.45) is 1.41. The Hall–Kier alpha value is -1.09. The summed E-state index contributed by atoms with van der Waals surface area (Å²) in [4.78, 5) is 0. The van der Waals surface area contributed by atoms with Crippen molar-refractivity contribution in [2.24, 2.45) is 5.73 Å². The van der Waals surface area contributed by atoms with Gasteiger partial charge in [0.15, 0.2) is 0 Å². The van der Waals surface area contributed by atoms with E-state index in [-0.39, 0.29) is 0 Å². The third kappa shape index (κ3) is 1.72. The Labute approximate surface area is 89.2 Å². The van der Waals surface area contributed by atoms with Crippen LogP contribution in [0.3, 0.4) is 0 Å². The smallest absolute Gasteiger partial charge is 0.147 e. The van der Waals surface area contributed by atoms with Crippen LogP contribution in [0.25, 0.3) is 0 Å². The molecular formula is C12H16FNO. The van der Waals surface area contributed by atoms with E-state index in [4.69, 9.17) is 10.5 Å². The highest BCUT2D eigenvalue weighted by Gasteiger charge is 2.42. The fraction of sp³-hybridized carbons (Fsp3) is 0.500. The van der Waals surface area contributed by atoms with Crippen LogP contribution < -0.4 is 10.5 Å². The van der Waals surface area contributed by atoms with Crippen molar-refractivity contribution < 1.29 is 9.13 Å². The zero-order valence-corrected chi connectivity index (χ0v) is 8.87. The van der Waals surface area contributed by atoms with Gasteiger partial charge in [0.2, 0.25) is 0 Å². The van der Waals surface area contributed by atoms with E-state index in [1.165, 1.54) is 0 Å². The second-order valence-corrected chi connectivity index (χ2v) is 4.19. The average molecular weight is 209 g/mol. The molecular weight excluding hydrogens is 193 g/mol. The van der Waals surface area contributed by atoms with E-state index in [9.17, 15) is 4.39 Å². The molecule has 3 heteroatoms. The van der Waals surface area contributed by atoms with Gasteiger partial charge in [-0.1, -0.05) is 18.2 Å². The predicted molar refractivity (Wildman–Crippen MR) is 57.6 cm³/mol. The monoisotopic (exact) mass is 209 g/mol. The lowest BCUT2D eigenvalue weighted by Gasteiger charge is -2.41. The van der Waals surface area contributed by atoms with Gasteiger partial charge < -0.3 is 10.5 Å². The number of methoxy groups -OCH3 is 1. The first-order valence-electron chi connectivity index (χ1n) is 5.23. The molecule has 0 aromatic heterocycles. The lowest BCUT2D eigenvalue weighted by atomic mass is 9.72. The minimum atomic E-state index is -1.12. The fourth-order valence-electron chi connectivity index (χ4n) is 2.02. The number of rotatable bonds is 3. The first kappa shape index (κ1) is 10.4.